The molecule has 84 valence electrons. The van der Waals surface area contributed by atoms with Crippen molar-refractivity contribution in [3.63, 3.8) is 0 Å². The average Bonchev–Trinajstić information content (AvgIpc) is 2.14. The number of aromatic hydroxyl groups is 1. The quantitative estimate of drug-likeness (QED) is 0.722. The van der Waals surface area contributed by atoms with E-state index in [1.807, 2.05) is 0 Å². The van der Waals surface area contributed by atoms with Crippen LogP contribution in [-0.4, -0.2) is 22.7 Å². The number of benzene rings is 1. The topological polar surface area (TPSA) is 83.5 Å². The summed E-state index contributed by atoms with van der Waals surface area (Å²) >= 11 is 0. The fourth-order valence-electron chi connectivity index (χ4n) is 1.24. The van der Waals surface area contributed by atoms with Gasteiger partial charge >= 0.3 is 5.97 Å². The molecular formula is C10H14ClNO3. The first-order valence-electron chi connectivity index (χ1n) is 4.34. The molecule has 0 spiro atoms. The van der Waals surface area contributed by atoms with E-state index in [1.54, 1.807) is 24.3 Å². The summed E-state index contributed by atoms with van der Waals surface area (Å²) in [7, 11) is 0. The summed E-state index contributed by atoms with van der Waals surface area (Å²) in [5.74, 6) is -1.35. The van der Waals surface area contributed by atoms with Gasteiger partial charge in [-0.15, -0.1) is 12.4 Å². The van der Waals surface area contributed by atoms with Crippen LogP contribution in [0.3, 0.4) is 0 Å². The number of carboxylic acids is 1. The van der Waals surface area contributed by atoms with Crippen molar-refractivity contribution in [2.75, 3.05) is 6.54 Å². The highest BCUT2D eigenvalue weighted by Gasteiger charge is 2.15. The van der Waals surface area contributed by atoms with E-state index in [0.717, 1.165) is 5.56 Å². The van der Waals surface area contributed by atoms with Gasteiger partial charge in [-0.2, -0.15) is 0 Å². The second-order valence-electron chi connectivity index (χ2n) is 3.14. The van der Waals surface area contributed by atoms with Crippen LogP contribution in [0.1, 0.15) is 5.56 Å². The summed E-state index contributed by atoms with van der Waals surface area (Å²) in [6.45, 7) is 0.102. The molecule has 1 aromatic rings. The Morgan fingerprint density at radius 1 is 1.47 bits per heavy atom. The Morgan fingerprint density at radius 3 is 2.60 bits per heavy atom. The summed E-state index contributed by atoms with van der Waals surface area (Å²) < 4.78 is 0. The molecular weight excluding hydrogens is 218 g/mol. The molecule has 0 aromatic heterocycles. The number of halogens is 1. The van der Waals surface area contributed by atoms with Gasteiger partial charge in [0.25, 0.3) is 0 Å². The predicted octanol–water partition coefficient (Wildman–Crippen LogP) is 1.02. The minimum Gasteiger partial charge on any atom is -0.508 e. The van der Waals surface area contributed by atoms with E-state index in [0.29, 0.717) is 6.42 Å². The number of hydrogen-bond donors (Lipinski definition) is 3. The zero-order chi connectivity index (χ0) is 10.6. The van der Waals surface area contributed by atoms with Crippen LogP contribution >= 0.6 is 12.4 Å². The molecule has 4 nitrogen and oxygen atoms in total. The zero-order valence-corrected chi connectivity index (χ0v) is 8.91. The Kier molecular flexibility index (Phi) is 5.74. The van der Waals surface area contributed by atoms with Gasteiger partial charge in [-0.1, -0.05) is 12.1 Å². The number of carbonyl (C=O) groups is 1. The normalized spacial score (nSPS) is 11.5. The molecule has 0 aliphatic heterocycles. The Morgan fingerprint density at radius 2 is 2.13 bits per heavy atom. The zero-order valence-electron chi connectivity index (χ0n) is 8.09. The van der Waals surface area contributed by atoms with Gasteiger partial charge in [0.05, 0.1) is 5.92 Å². The molecule has 0 heterocycles. The fourth-order valence-corrected chi connectivity index (χ4v) is 1.24. The highest BCUT2D eigenvalue weighted by atomic mass is 35.5. The SMILES string of the molecule is Cl.NCC(Cc1cccc(O)c1)C(=O)O. The molecule has 5 heteroatoms. The number of phenols is 1. The second kappa shape index (κ2) is 6.27. The number of aliphatic carboxylic acids is 1. The first-order valence-corrected chi connectivity index (χ1v) is 4.34. The van der Waals surface area contributed by atoms with Crippen LogP contribution in [0.25, 0.3) is 0 Å². The number of rotatable bonds is 4. The average molecular weight is 232 g/mol. The Bertz CT molecular complexity index is 330. The van der Waals surface area contributed by atoms with Crippen molar-refractivity contribution in [1.29, 1.82) is 0 Å². The Hall–Kier alpha value is -1.26. The second-order valence-corrected chi connectivity index (χ2v) is 3.14. The smallest absolute Gasteiger partial charge is 0.308 e. The Balaban J connectivity index is 0.00000196. The third-order valence-corrected chi connectivity index (χ3v) is 2.03. The molecule has 4 N–H and O–H groups in total. The monoisotopic (exact) mass is 231 g/mol. The third kappa shape index (κ3) is 4.18. The maximum absolute atomic E-state index is 10.7. The molecule has 1 rings (SSSR count). The molecule has 0 fully saturated rings. The highest BCUT2D eigenvalue weighted by molar-refractivity contribution is 5.85. The third-order valence-electron chi connectivity index (χ3n) is 2.03. The molecule has 0 radical (unpaired) electrons. The van der Waals surface area contributed by atoms with Gasteiger partial charge in [0.15, 0.2) is 0 Å². The fraction of sp³-hybridized carbons (Fsp3) is 0.300. The molecule has 0 aliphatic rings. The van der Waals surface area contributed by atoms with Gasteiger partial charge < -0.3 is 15.9 Å². The number of carboxylic acid groups (broad SMARTS) is 1. The van der Waals surface area contributed by atoms with Crippen molar-refractivity contribution in [1.82, 2.24) is 0 Å². The summed E-state index contributed by atoms with van der Waals surface area (Å²) in [4.78, 5) is 10.7. The molecule has 0 amide bonds. The summed E-state index contributed by atoms with van der Waals surface area (Å²) in [6, 6.07) is 6.54. The largest absolute Gasteiger partial charge is 0.508 e. The van der Waals surface area contributed by atoms with E-state index in [-0.39, 0.29) is 24.7 Å². The molecule has 1 atom stereocenters. The predicted molar refractivity (Wildman–Crippen MR) is 59.2 cm³/mol. The van der Waals surface area contributed by atoms with Crippen molar-refractivity contribution < 1.29 is 15.0 Å². The number of phenolic OH excluding ortho intramolecular Hbond substituents is 1. The van der Waals surface area contributed by atoms with Crippen molar-refractivity contribution in [3.8, 4) is 5.75 Å². The first kappa shape index (κ1) is 13.7. The number of hydrogen-bond acceptors (Lipinski definition) is 3. The Labute approximate surface area is 94.1 Å². The van der Waals surface area contributed by atoms with Crippen LogP contribution in [-0.2, 0) is 11.2 Å². The van der Waals surface area contributed by atoms with Gasteiger partial charge in [-0.3, -0.25) is 4.79 Å². The van der Waals surface area contributed by atoms with Crippen LogP contribution in [0.15, 0.2) is 24.3 Å². The lowest BCUT2D eigenvalue weighted by atomic mass is 9.99. The van der Waals surface area contributed by atoms with Gasteiger partial charge in [-0.25, -0.2) is 0 Å². The van der Waals surface area contributed by atoms with Crippen LogP contribution in [0, 0.1) is 5.92 Å². The van der Waals surface area contributed by atoms with Gasteiger partial charge in [0, 0.05) is 6.54 Å². The van der Waals surface area contributed by atoms with Crippen molar-refractivity contribution >= 4 is 18.4 Å². The van der Waals surface area contributed by atoms with Gasteiger partial charge in [0.2, 0.25) is 0 Å². The highest BCUT2D eigenvalue weighted by Crippen LogP contribution is 2.14. The molecule has 1 unspecified atom stereocenters. The van der Waals surface area contributed by atoms with Crippen LogP contribution in [0.4, 0.5) is 0 Å². The maximum Gasteiger partial charge on any atom is 0.308 e. The van der Waals surface area contributed by atoms with E-state index >= 15 is 0 Å². The van der Waals surface area contributed by atoms with Crippen molar-refractivity contribution in [2.24, 2.45) is 11.7 Å². The van der Waals surface area contributed by atoms with Gasteiger partial charge in [0.1, 0.15) is 5.75 Å². The summed E-state index contributed by atoms with van der Waals surface area (Å²) in [5, 5.41) is 17.9. The maximum atomic E-state index is 10.7. The molecule has 15 heavy (non-hydrogen) atoms. The lowest BCUT2D eigenvalue weighted by Gasteiger charge is -2.09. The van der Waals surface area contributed by atoms with E-state index in [2.05, 4.69) is 0 Å². The van der Waals surface area contributed by atoms with Crippen molar-refractivity contribution in [3.05, 3.63) is 29.8 Å². The molecule has 0 bridgehead atoms. The minimum absolute atomic E-state index is 0. The van der Waals surface area contributed by atoms with Crippen LogP contribution in [0.2, 0.25) is 0 Å². The number of nitrogens with two attached hydrogens (primary N) is 1. The van der Waals surface area contributed by atoms with E-state index in [4.69, 9.17) is 15.9 Å². The van der Waals surface area contributed by atoms with Crippen LogP contribution in [0.5, 0.6) is 5.75 Å². The van der Waals surface area contributed by atoms with E-state index in [1.165, 1.54) is 0 Å². The summed E-state index contributed by atoms with van der Waals surface area (Å²) in [5.41, 5.74) is 6.10. The van der Waals surface area contributed by atoms with E-state index < -0.39 is 11.9 Å². The lowest BCUT2D eigenvalue weighted by Crippen LogP contribution is -2.25. The van der Waals surface area contributed by atoms with Gasteiger partial charge in [-0.05, 0) is 24.1 Å². The van der Waals surface area contributed by atoms with Crippen LogP contribution < -0.4 is 5.73 Å². The van der Waals surface area contributed by atoms with E-state index in [9.17, 15) is 4.79 Å². The molecule has 0 saturated carbocycles. The summed E-state index contributed by atoms with van der Waals surface area (Å²) in [6.07, 6.45) is 0.347. The molecule has 0 aliphatic carbocycles. The molecule has 0 saturated heterocycles. The standard InChI is InChI=1S/C10H13NO3.ClH/c11-6-8(10(13)14)4-7-2-1-3-9(12)5-7;/h1-3,5,8,12H,4,6,11H2,(H,13,14);1H. The lowest BCUT2D eigenvalue weighted by molar-refractivity contribution is -0.141. The first-order chi connectivity index (χ1) is 6.63. The minimum atomic E-state index is -0.907. The molecule has 1 aromatic carbocycles. The van der Waals surface area contributed by atoms with Crippen molar-refractivity contribution in [2.45, 2.75) is 6.42 Å².